The standard InChI is InChI=1S/C30H39N3O8S/c1-7-18-14-30(18,28(36)32-42(37,38)21-9-10-21)15-24(34)23-12-20(16-33(23)27(35)17(2)29(3,4)5)40-26-22-11-8-19(39-6)13-25(22)41-31-26/h7-8,11,13,17-18,20-21,23H,1,9-10,12,14-16H2,2-6H3,(H,32,36)/t17-,18?,20-,23+,30-/m1/s1. The summed E-state index contributed by atoms with van der Waals surface area (Å²) < 4.78 is 44.1. The summed E-state index contributed by atoms with van der Waals surface area (Å²) in [7, 11) is -2.23. The van der Waals surface area contributed by atoms with Crippen LogP contribution in [0.3, 0.4) is 0 Å². The minimum atomic E-state index is -3.78. The Morgan fingerprint density at radius 2 is 2.00 bits per heavy atom. The van der Waals surface area contributed by atoms with Gasteiger partial charge in [-0.05, 0) is 47.9 Å². The van der Waals surface area contributed by atoms with Gasteiger partial charge in [-0.2, -0.15) is 0 Å². The predicted octanol–water partition coefficient (Wildman–Crippen LogP) is 3.63. The van der Waals surface area contributed by atoms with Crippen molar-refractivity contribution in [2.24, 2.45) is 22.7 Å². The van der Waals surface area contributed by atoms with Crippen LogP contribution in [0.5, 0.6) is 11.6 Å². The Bertz CT molecular complexity index is 1520. The molecule has 0 bridgehead atoms. The number of nitrogens with one attached hydrogen (secondary N) is 1. The number of ketones is 1. The van der Waals surface area contributed by atoms with Crippen LogP contribution in [0.2, 0.25) is 0 Å². The molecule has 42 heavy (non-hydrogen) atoms. The summed E-state index contributed by atoms with van der Waals surface area (Å²) in [5, 5.41) is 4.12. The molecule has 1 aliphatic heterocycles. The fourth-order valence-electron chi connectivity index (χ4n) is 5.62. The van der Waals surface area contributed by atoms with Gasteiger partial charge in [-0.25, -0.2) is 8.42 Å². The quantitative estimate of drug-likeness (QED) is 0.382. The number of likely N-dealkylation sites (tertiary alicyclic amines) is 1. The number of hydrogen-bond acceptors (Lipinski definition) is 9. The lowest BCUT2D eigenvalue weighted by molar-refractivity contribution is -0.144. The molecule has 228 valence electrons. The number of carbonyl (C=O) groups is 3. The van der Waals surface area contributed by atoms with Gasteiger partial charge in [-0.3, -0.25) is 19.1 Å². The van der Waals surface area contributed by atoms with Gasteiger partial charge in [0.1, 0.15) is 11.9 Å². The van der Waals surface area contributed by atoms with Crippen LogP contribution >= 0.6 is 0 Å². The van der Waals surface area contributed by atoms with Crippen molar-refractivity contribution in [2.75, 3.05) is 13.7 Å². The summed E-state index contributed by atoms with van der Waals surface area (Å²) in [5.41, 5.74) is -1.08. The monoisotopic (exact) mass is 601 g/mol. The number of ether oxygens (including phenoxy) is 2. The number of Topliss-reactive ketones (excluding diaryl/α,β-unsaturated/α-hetero) is 1. The minimum absolute atomic E-state index is 0.153. The van der Waals surface area contributed by atoms with Crippen molar-refractivity contribution in [1.29, 1.82) is 0 Å². The van der Waals surface area contributed by atoms with Gasteiger partial charge in [0.05, 0.1) is 35.7 Å². The molecule has 0 spiro atoms. The molecule has 0 radical (unpaired) electrons. The van der Waals surface area contributed by atoms with E-state index in [1.807, 2.05) is 27.7 Å². The summed E-state index contributed by atoms with van der Waals surface area (Å²) >= 11 is 0. The molecule has 11 nitrogen and oxygen atoms in total. The molecule has 2 heterocycles. The molecule has 2 saturated carbocycles. The molecular weight excluding hydrogens is 562 g/mol. The van der Waals surface area contributed by atoms with Crippen LogP contribution in [-0.4, -0.2) is 67.1 Å². The fraction of sp³-hybridized carbons (Fsp3) is 0.600. The van der Waals surface area contributed by atoms with E-state index in [-0.39, 0.29) is 48.3 Å². The van der Waals surface area contributed by atoms with Crippen LogP contribution in [0, 0.1) is 22.7 Å². The van der Waals surface area contributed by atoms with Crippen LogP contribution in [0.15, 0.2) is 35.4 Å². The molecule has 2 amide bonds. The molecule has 5 atom stereocenters. The lowest BCUT2D eigenvalue weighted by Crippen LogP contribution is -2.47. The zero-order valence-electron chi connectivity index (χ0n) is 24.7. The molecular formula is C30H39N3O8S. The number of nitrogens with zero attached hydrogens (tertiary/aromatic N) is 2. The first-order chi connectivity index (χ1) is 19.7. The Balaban J connectivity index is 1.38. The third kappa shape index (κ3) is 5.65. The highest BCUT2D eigenvalue weighted by Gasteiger charge is 2.61. The number of carbonyl (C=O) groups excluding carboxylic acids is 3. The van der Waals surface area contributed by atoms with Gasteiger partial charge < -0.3 is 18.9 Å². The maximum absolute atomic E-state index is 13.9. The maximum atomic E-state index is 13.9. The van der Waals surface area contributed by atoms with Crippen molar-refractivity contribution in [3.05, 3.63) is 30.9 Å². The predicted molar refractivity (Wildman–Crippen MR) is 154 cm³/mol. The van der Waals surface area contributed by atoms with Crippen molar-refractivity contribution in [2.45, 2.75) is 77.2 Å². The maximum Gasteiger partial charge on any atom is 0.262 e. The highest BCUT2D eigenvalue weighted by atomic mass is 32.2. The summed E-state index contributed by atoms with van der Waals surface area (Å²) in [6.07, 6.45) is 2.38. The zero-order chi connectivity index (χ0) is 30.6. The van der Waals surface area contributed by atoms with Crippen molar-refractivity contribution in [3.8, 4) is 11.6 Å². The Labute approximate surface area is 246 Å². The van der Waals surface area contributed by atoms with E-state index in [9.17, 15) is 22.8 Å². The van der Waals surface area contributed by atoms with Crippen molar-refractivity contribution < 1.29 is 36.8 Å². The van der Waals surface area contributed by atoms with E-state index in [2.05, 4.69) is 16.5 Å². The van der Waals surface area contributed by atoms with Crippen LogP contribution in [-0.2, 0) is 24.4 Å². The molecule has 2 aromatic rings. The SMILES string of the molecule is C=CC1C[C@]1(CC(=O)[C@@H]1C[C@@H](Oc2noc3cc(OC)ccc23)CN1C(=O)[C@@H](C)C(C)(C)C)C(=O)NS(=O)(=O)C1CC1. The highest BCUT2D eigenvalue weighted by molar-refractivity contribution is 7.90. The molecule has 5 rings (SSSR count). The van der Waals surface area contributed by atoms with Crippen LogP contribution in [0.1, 0.15) is 59.8 Å². The molecule has 1 aromatic heterocycles. The first kappa shape index (κ1) is 30.1. The van der Waals surface area contributed by atoms with Gasteiger partial charge in [-0.15, -0.1) is 6.58 Å². The Hall–Kier alpha value is -3.41. The van der Waals surface area contributed by atoms with Crippen LogP contribution < -0.4 is 14.2 Å². The summed E-state index contributed by atoms with van der Waals surface area (Å²) in [4.78, 5) is 42.5. The molecule has 2 aliphatic carbocycles. The van der Waals surface area contributed by atoms with Gasteiger partial charge in [0.15, 0.2) is 11.4 Å². The second-order valence-corrected chi connectivity index (χ2v) is 14.9. The van der Waals surface area contributed by atoms with E-state index >= 15 is 0 Å². The largest absolute Gasteiger partial charge is 0.497 e. The van der Waals surface area contributed by atoms with E-state index < -0.39 is 44.7 Å². The second kappa shape index (κ2) is 10.7. The number of sulfonamides is 1. The Morgan fingerprint density at radius 1 is 1.29 bits per heavy atom. The minimum Gasteiger partial charge on any atom is -0.497 e. The van der Waals surface area contributed by atoms with E-state index in [4.69, 9.17) is 14.0 Å². The van der Waals surface area contributed by atoms with Crippen molar-refractivity contribution in [3.63, 3.8) is 0 Å². The molecule has 3 fully saturated rings. The average Bonchev–Trinajstić information content (AvgIpc) is 3.84. The van der Waals surface area contributed by atoms with E-state index in [1.54, 1.807) is 36.3 Å². The van der Waals surface area contributed by atoms with Crippen LogP contribution in [0.4, 0.5) is 0 Å². The highest BCUT2D eigenvalue weighted by Crippen LogP contribution is 2.57. The number of amides is 2. The van der Waals surface area contributed by atoms with E-state index in [1.165, 1.54) is 0 Å². The first-order valence-electron chi connectivity index (χ1n) is 14.3. The normalized spacial score (nSPS) is 26.5. The molecule has 1 aromatic carbocycles. The zero-order valence-corrected chi connectivity index (χ0v) is 25.5. The van der Waals surface area contributed by atoms with Gasteiger partial charge in [0.25, 0.3) is 5.88 Å². The number of benzene rings is 1. The van der Waals surface area contributed by atoms with Crippen LogP contribution in [0.25, 0.3) is 11.0 Å². The number of methoxy groups -OCH3 is 1. The Kier molecular flexibility index (Phi) is 7.66. The van der Waals surface area contributed by atoms with Crippen molar-refractivity contribution in [1.82, 2.24) is 14.8 Å². The number of fused-ring (bicyclic) bond motifs is 1. The molecule has 3 aliphatic rings. The van der Waals surface area contributed by atoms with E-state index in [0.29, 0.717) is 36.0 Å². The smallest absolute Gasteiger partial charge is 0.262 e. The third-order valence-corrected chi connectivity index (χ3v) is 10.9. The van der Waals surface area contributed by atoms with Gasteiger partial charge in [-0.1, -0.05) is 33.8 Å². The third-order valence-electron chi connectivity index (χ3n) is 9.07. The number of aromatic nitrogens is 1. The van der Waals surface area contributed by atoms with Gasteiger partial charge in [0, 0.05) is 24.8 Å². The Morgan fingerprint density at radius 3 is 2.60 bits per heavy atom. The first-order valence-corrected chi connectivity index (χ1v) is 15.9. The summed E-state index contributed by atoms with van der Waals surface area (Å²) in [6, 6.07) is 4.37. The molecule has 1 unspecified atom stereocenters. The van der Waals surface area contributed by atoms with Crippen molar-refractivity contribution >= 4 is 38.6 Å². The van der Waals surface area contributed by atoms with E-state index in [0.717, 1.165) is 0 Å². The summed E-state index contributed by atoms with van der Waals surface area (Å²) in [5.74, 6) is -1.05. The van der Waals surface area contributed by atoms with Gasteiger partial charge in [0.2, 0.25) is 21.8 Å². The van der Waals surface area contributed by atoms with Gasteiger partial charge >= 0.3 is 0 Å². The second-order valence-electron chi connectivity index (χ2n) is 12.9. The number of hydrogen-bond donors (Lipinski definition) is 1. The molecule has 1 N–H and O–H groups in total. The lowest BCUT2D eigenvalue weighted by atomic mass is 9.81. The fourth-order valence-corrected chi connectivity index (χ4v) is 7.01. The topological polar surface area (TPSA) is 145 Å². The average molecular weight is 602 g/mol. The molecule has 1 saturated heterocycles. The lowest BCUT2D eigenvalue weighted by Gasteiger charge is -2.33. The molecule has 12 heteroatoms. The number of allylic oxidation sites excluding steroid dienone is 1. The summed E-state index contributed by atoms with van der Waals surface area (Å²) in [6.45, 7) is 11.7. The number of rotatable bonds is 11.